The third-order valence-electron chi connectivity index (χ3n) is 3.18. The lowest BCUT2D eigenvalue weighted by molar-refractivity contribution is 0.219. The summed E-state index contributed by atoms with van der Waals surface area (Å²) >= 11 is 5.96. The molecule has 0 saturated heterocycles. The fourth-order valence-corrected chi connectivity index (χ4v) is 2.28. The number of rotatable bonds is 3. The summed E-state index contributed by atoms with van der Waals surface area (Å²) in [5.41, 5.74) is 8.66. The third-order valence-corrected chi connectivity index (χ3v) is 3.42. The molecule has 1 atom stereocenters. The maximum Gasteiger partial charge on any atom is 0.122 e. The molecule has 4 heteroatoms. The molecule has 3 nitrogen and oxygen atoms in total. The number of aliphatic hydroxyl groups excluding tert-OH is 1. The molecule has 0 bridgehead atoms. The SMILES string of the molecule is COc1cccc(C(O)c2cc(Cl)ccc2N)c1C. The Bertz CT molecular complexity index is 599. The highest BCUT2D eigenvalue weighted by Crippen LogP contribution is 2.33. The molecule has 100 valence electrons. The zero-order valence-electron chi connectivity index (χ0n) is 10.9. The molecule has 0 aliphatic carbocycles. The van der Waals surface area contributed by atoms with Crippen molar-refractivity contribution in [2.24, 2.45) is 0 Å². The van der Waals surface area contributed by atoms with Gasteiger partial charge in [0.05, 0.1) is 7.11 Å². The molecule has 0 aliphatic heterocycles. The molecule has 2 rings (SSSR count). The molecule has 1 unspecified atom stereocenters. The molecule has 0 fully saturated rings. The van der Waals surface area contributed by atoms with E-state index >= 15 is 0 Å². The fraction of sp³-hybridized carbons (Fsp3) is 0.200. The number of nitrogens with two attached hydrogens (primary N) is 1. The van der Waals surface area contributed by atoms with Gasteiger partial charge >= 0.3 is 0 Å². The number of aliphatic hydroxyl groups is 1. The molecule has 3 N–H and O–H groups in total. The Morgan fingerprint density at radius 2 is 1.95 bits per heavy atom. The van der Waals surface area contributed by atoms with E-state index in [9.17, 15) is 5.11 Å². The molecule has 2 aromatic carbocycles. The Morgan fingerprint density at radius 1 is 1.21 bits per heavy atom. The maximum atomic E-state index is 10.5. The van der Waals surface area contributed by atoms with E-state index in [1.165, 1.54) is 0 Å². The number of nitrogen functional groups attached to an aromatic ring is 1. The van der Waals surface area contributed by atoms with E-state index in [0.717, 1.165) is 16.9 Å². The van der Waals surface area contributed by atoms with Crippen molar-refractivity contribution >= 4 is 17.3 Å². The normalized spacial score (nSPS) is 12.2. The zero-order valence-corrected chi connectivity index (χ0v) is 11.6. The van der Waals surface area contributed by atoms with Crippen LogP contribution in [0.25, 0.3) is 0 Å². The monoisotopic (exact) mass is 277 g/mol. The van der Waals surface area contributed by atoms with Crippen molar-refractivity contribution in [1.29, 1.82) is 0 Å². The first-order chi connectivity index (χ1) is 9.04. The quantitative estimate of drug-likeness (QED) is 0.846. The summed E-state index contributed by atoms with van der Waals surface area (Å²) in [6.45, 7) is 1.90. The highest BCUT2D eigenvalue weighted by atomic mass is 35.5. The topological polar surface area (TPSA) is 55.5 Å². The van der Waals surface area contributed by atoms with E-state index < -0.39 is 6.10 Å². The largest absolute Gasteiger partial charge is 0.496 e. The predicted octanol–water partition coefficient (Wildman–Crippen LogP) is 3.32. The molecule has 0 spiro atoms. The van der Waals surface area contributed by atoms with E-state index in [1.807, 2.05) is 25.1 Å². The Labute approximate surface area is 117 Å². The lowest BCUT2D eigenvalue weighted by atomic mass is 9.96. The molecule has 0 saturated carbocycles. The molecule has 0 radical (unpaired) electrons. The van der Waals surface area contributed by atoms with Gasteiger partial charge in [0.1, 0.15) is 11.9 Å². The van der Waals surface area contributed by atoms with Crippen LogP contribution in [-0.2, 0) is 0 Å². The number of benzene rings is 2. The second kappa shape index (κ2) is 5.51. The van der Waals surface area contributed by atoms with Gasteiger partial charge in [0.2, 0.25) is 0 Å². The van der Waals surface area contributed by atoms with E-state index in [0.29, 0.717) is 16.3 Å². The maximum absolute atomic E-state index is 10.5. The highest BCUT2D eigenvalue weighted by molar-refractivity contribution is 6.30. The van der Waals surface area contributed by atoms with Crippen LogP contribution in [-0.4, -0.2) is 12.2 Å². The van der Waals surface area contributed by atoms with Crippen LogP contribution < -0.4 is 10.5 Å². The average molecular weight is 278 g/mol. The van der Waals surface area contributed by atoms with Gasteiger partial charge in [-0.05, 0) is 42.3 Å². The van der Waals surface area contributed by atoms with Gasteiger partial charge in [0.25, 0.3) is 0 Å². The van der Waals surface area contributed by atoms with Crippen molar-refractivity contribution in [3.05, 3.63) is 58.1 Å². The van der Waals surface area contributed by atoms with Gasteiger partial charge < -0.3 is 15.6 Å². The molecule has 2 aromatic rings. The Kier molecular flexibility index (Phi) is 3.98. The van der Waals surface area contributed by atoms with Crippen molar-refractivity contribution in [1.82, 2.24) is 0 Å². The average Bonchev–Trinajstić information content (AvgIpc) is 2.41. The third kappa shape index (κ3) is 2.67. The Hall–Kier alpha value is -1.71. The summed E-state index contributed by atoms with van der Waals surface area (Å²) < 4.78 is 5.26. The molecule has 19 heavy (non-hydrogen) atoms. The number of methoxy groups -OCH3 is 1. The second-order valence-electron chi connectivity index (χ2n) is 4.35. The van der Waals surface area contributed by atoms with Crippen LogP contribution in [0.4, 0.5) is 5.69 Å². The van der Waals surface area contributed by atoms with Crippen molar-refractivity contribution in [2.75, 3.05) is 12.8 Å². The van der Waals surface area contributed by atoms with Crippen LogP contribution in [0.3, 0.4) is 0 Å². The van der Waals surface area contributed by atoms with Crippen LogP contribution in [0.5, 0.6) is 5.75 Å². The van der Waals surface area contributed by atoms with E-state index in [2.05, 4.69) is 0 Å². The minimum Gasteiger partial charge on any atom is -0.496 e. The van der Waals surface area contributed by atoms with Gasteiger partial charge in [0.15, 0.2) is 0 Å². The summed E-state index contributed by atoms with van der Waals surface area (Å²) in [6, 6.07) is 10.6. The summed E-state index contributed by atoms with van der Waals surface area (Å²) in [5.74, 6) is 0.733. The van der Waals surface area contributed by atoms with Crippen LogP contribution >= 0.6 is 11.6 Å². The van der Waals surface area contributed by atoms with Crippen molar-refractivity contribution in [3.63, 3.8) is 0 Å². The molecular formula is C15H16ClNO2. The lowest BCUT2D eigenvalue weighted by Gasteiger charge is -2.18. The van der Waals surface area contributed by atoms with E-state index in [-0.39, 0.29) is 0 Å². The van der Waals surface area contributed by atoms with Gasteiger partial charge in [0, 0.05) is 16.3 Å². The number of halogens is 1. The van der Waals surface area contributed by atoms with Crippen LogP contribution in [0.2, 0.25) is 5.02 Å². The van der Waals surface area contributed by atoms with Crippen LogP contribution in [0.15, 0.2) is 36.4 Å². The lowest BCUT2D eigenvalue weighted by Crippen LogP contribution is -2.06. The second-order valence-corrected chi connectivity index (χ2v) is 4.79. The van der Waals surface area contributed by atoms with Crippen molar-refractivity contribution in [2.45, 2.75) is 13.0 Å². The Morgan fingerprint density at radius 3 is 2.63 bits per heavy atom. The van der Waals surface area contributed by atoms with Crippen molar-refractivity contribution in [3.8, 4) is 5.75 Å². The first-order valence-electron chi connectivity index (χ1n) is 5.91. The summed E-state index contributed by atoms with van der Waals surface area (Å²) in [5, 5.41) is 11.0. The van der Waals surface area contributed by atoms with Gasteiger partial charge in [-0.1, -0.05) is 23.7 Å². The van der Waals surface area contributed by atoms with Crippen LogP contribution in [0, 0.1) is 6.92 Å². The molecule has 0 aromatic heterocycles. The summed E-state index contributed by atoms with van der Waals surface area (Å²) in [7, 11) is 1.60. The number of hydrogen-bond acceptors (Lipinski definition) is 3. The van der Waals surface area contributed by atoms with Gasteiger partial charge in [-0.15, -0.1) is 0 Å². The standard InChI is InChI=1S/C15H16ClNO2/c1-9-11(4-3-5-14(9)19-2)15(18)12-8-10(16)6-7-13(12)17/h3-8,15,18H,17H2,1-2H3. The number of hydrogen-bond donors (Lipinski definition) is 2. The molecule has 0 amide bonds. The molecular weight excluding hydrogens is 262 g/mol. The molecule has 0 heterocycles. The highest BCUT2D eigenvalue weighted by Gasteiger charge is 2.17. The van der Waals surface area contributed by atoms with Crippen LogP contribution in [0.1, 0.15) is 22.8 Å². The van der Waals surface area contributed by atoms with Gasteiger partial charge in [-0.2, -0.15) is 0 Å². The summed E-state index contributed by atoms with van der Waals surface area (Å²) in [6.07, 6.45) is -0.825. The van der Waals surface area contributed by atoms with E-state index in [4.69, 9.17) is 22.1 Å². The first kappa shape index (κ1) is 13.7. The van der Waals surface area contributed by atoms with Crippen molar-refractivity contribution < 1.29 is 9.84 Å². The van der Waals surface area contributed by atoms with Gasteiger partial charge in [-0.3, -0.25) is 0 Å². The minimum absolute atomic E-state index is 0.513. The fourth-order valence-electron chi connectivity index (χ4n) is 2.10. The smallest absolute Gasteiger partial charge is 0.122 e. The first-order valence-corrected chi connectivity index (χ1v) is 6.29. The van der Waals surface area contributed by atoms with Gasteiger partial charge in [-0.25, -0.2) is 0 Å². The van der Waals surface area contributed by atoms with E-state index in [1.54, 1.807) is 25.3 Å². The summed E-state index contributed by atoms with van der Waals surface area (Å²) in [4.78, 5) is 0. The number of anilines is 1. The number of ether oxygens (including phenoxy) is 1. The predicted molar refractivity (Wildman–Crippen MR) is 77.7 cm³/mol. The minimum atomic E-state index is -0.825. The zero-order chi connectivity index (χ0) is 14.0. The molecule has 0 aliphatic rings. The Balaban J connectivity index is 2.50.